The molecule has 4 heteroatoms. The average Bonchev–Trinajstić information content (AvgIpc) is 2.10. The van der Waals surface area contributed by atoms with Crippen molar-refractivity contribution in [3.8, 4) is 0 Å². The summed E-state index contributed by atoms with van der Waals surface area (Å²) in [5.74, 6) is -0.197. The fourth-order valence-corrected chi connectivity index (χ4v) is 1.05. The van der Waals surface area contributed by atoms with Crippen molar-refractivity contribution in [3.05, 3.63) is 0 Å². The maximum Gasteiger partial charge on any atom is 0.117 e. The molecule has 0 saturated carbocycles. The van der Waals surface area contributed by atoms with E-state index in [1.54, 1.807) is 6.92 Å². The Bertz CT molecular complexity index is 126. The average molecular weight is 142 g/mol. The van der Waals surface area contributed by atoms with Crippen LogP contribution in [-0.4, -0.2) is 42.9 Å². The summed E-state index contributed by atoms with van der Waals surface area (Å²) < 4.78 is 5.00. The Morgan fingerprint density at radius 1 is 1.80 bits per heavy atom. The molecule has 0 aromatic rings. The van der Waals surface area contributed by atoms with Crippen molar-refractivity contribution >= 4 is 7.85 Å². The van der Waals surface area contributed by atoms with Gasteiger partial charge in [-0.2, -0.15) is 0 Å². The van der Waals surface area contributed by atoms with Crippen molar-refractivity contribution in [2.45, 2.75) is 18.5 Å². The minimum Gasteiger partial charge on any atom is -0.397 e. The van der Waals surface area contributed by atoms with Crippen LogP contribution < -0.4 is 0 Å². The Morgan fingerprint density at radius 3 is 2.60 bits per heavy atom. The highest BCUT2D eigenvalue weighted by Gasteiger charge is 2.40. The molecule has 0 aliphatic carbocycles. The van der Waals surface area contributed by atoms with Crippen molar-refractivity contribution in [2.24, 2.45) is 5.92 Å². The Morgan fingerprint density at radius 2 is 2.40 bits per heavy atom. The van der Waals surface area contributed by atoms with Gasteiger partial charge in [-0.1, -0.05) is 6.92 Å². The highest BCUT2D eigenvalue weighted by Crippen LogP contribution is 2.27. The first-order valence-electron chi connectivity index (χ1n) is 3.31. The molecule has 0 amide bonds. The maximum absolute atomic E-state index is 9.31. The van der Waals surface area contributed by atoms with Crippen LogP contribution in [0.15, 0.2) is 0 Å². The summed E-state index contributed by atoms with van der Waals surface area (Å²) in [5.41, 5.74) is -1.26. The standard InChI is InChI=1S/C6H11BO3/c1-4-5(2-8)10-3-6(4,7)9/h4-5,8-9H,2-3H2,1H3. The molecule has 1 fully saturated rings. The van der Waals surface area contributed by atoms with E-state index in [4.69, 9.17) is 17.7 Å². The second-order valence-corrected chi connectivity index (χ2v) is 2.81. The van der Waals surface area contributed by atoms with Gasteiger partial charge in [-0.3, -0.25) is 0 Å². The van der Waals surface area contributed by atoms with E-state index in [1.165, 1.54) is 0 Å². The van der Waals surface area contributed by atoms with Crippen LogP contribution in [0.1, 0.15) is 6.92 Å². The normalized spacial score (nSPS) is 47.9. The summed E-state index contributed by atoms with van der Waals surface area (Å²) in [4.78, 5) is 0. The number of ether oxygens (including phenoxy) is 1. The molecule has 0 aromatic carbocycles. The van der Waals surface area contributed by atoms with Gasteiger partial charge >= 0.3 is 0 Å². The highest BCUT2D eigenvalue weighted by atomic mass is 16.5. The maximum atomic E-state index is 9.31. The van der Waals surface area contributed by atoms with E-state index in [0.29, 0.717) is 0 Å². The van der Waals surface area contributed by atoms with Gasteiger partial charge in [0.15, 0.2) is 0 Å². The molecule has 3 atom stereocenters. The predicted octanol–water partition coefficient (Wildman–Crippen LogP) is -1.13. The molecule has 1 aliphatic heterocycles. The van der Waals surface area contributed by atoms with Crippen LogP contribution in [0.25, 0.3) is 0 Å². The van der Waals surface area contributed by atoms with Crippen LogP contribution in [0.5, 0.6) is 0 Å². The van der Waals surface area contributed by atoms with Crippen molar-refractivity contribution in [1.29, 1.82) is 0 Å². The van der Waals surface area contributed by atoms with Gasteiger partial charge in [0.05, 0.1) is 24.8 Å². The fraction of sp³-hybridized carbons (Fsp3) is 1.00. The lowest BCUT2D eigenvalue weighted by molar-refractivity contribution is 0.0412. The summed E-state index contributed by atoms with van der Waals surface area (Å²) in [5, 5.41) is 18.0. The van der Waals surface area contributed by atoms with E-state index in [9.17, 15) is 5.11 Å². The summed E-state index contributed by atoms with van der Waals surface area (Å²) in [6.45, 7) is 1.79. The second kappa shape index (κ2) is 2.53. The second-order valence-electron chi connectivity index (χ2n) is 2.81. The SMILES string of the molecule is [B]C1(O)COC(CO)C1C. The molecule has 0 spiro atoms. The third-order valence-electron chi connectivity index (χ3n) is 2.05. The third kappa shape index (κ3) is 1.19. The van der Waals surface area contributed by atoms with Gasteiger partial charge in [0.2, 0.25) is 0 Å². The number of rotatable bonds is 1. The van der Waals surface area contributed by atoms with Gasteiger partial charge in [0.1, 0.15) is 7.85 Å². The summed E-state index contributed by atoms with van der Waals surface area (Å²) in [6.07, 6.45) is -0.310. The van der Waals surface area contributed by atoms with Crippen LogP contribution in [0, 0.1) is 5.92 Å². The van der Waals surface area contributed by atoms with E-state index >= 15 is 0 Å². The molecular weight excluding hydrogens is 131 g/mol. The van der Waals surface area contributed by atoms with E-state index in [1.807, 2.05) is 0 Å². The Labute approximate surface area is 61.4 Å². The quantitative estimate of drug-likeness (QED) is 0.455. The molecule has 1 aliphatic rings. The minimum atomic E-state index is -1.26. The monoisotopic (exact) mass is 142 g/mol. The molecule has 3 nitrogen and oxygen atoms in total. The lowest BCUT2D eigenvalue weighted by Gasteiger charge is -2.22. The Balaban J connectivity index is 2.58. The van der Waals surface area contributed by atoms with Gasteiger partial charge in [0.25, 0.3) is 0 Å². The van der Waals surface area contributed by atoms with Gasteiger partial charge in [0, 0.05) is 5.92 Å². The number of hydrogen-bond donors (Lipinski definition) is 2. The lowest BCUT2D eigenvalue weighted by Crippen LogP contribution is -2.38. The van der Waals surface area contributed by atoms with E-state index in [-0.39, 0.29) is 25.2 Å². The zero-order valence-corrected chi connectivity index (χ0v) is 5.95. The number of hydrogen-bond acceptors (Lipinski definition) is 3. The van der Waals surface area contributed by atoms with Gasteiger partial charge in [-0.25, -0.2) is 0 Å². The van der Waals surface area contributed by atoms with Crippen molar-refractivity contribution in [2.75, 3.05) is 13.2 Å². The molecule has 0 bridgehead atoms. The zero-order valence-electron chi connectivity index (χ0n) is 5.95. The molecule has 10 heavy (non-hydrogen) atoms. The molecule has 1 heterocycles. The summed E-state index contributed by atoms with van der Waals surface area (Å²) >= 11 is 0. The van der Waals surface area contributed by atoms with Crippen LogP contribution in [0.4, 0.5) is 0 Å². The predicted molar refractivity (Wildman–Crippen MR) is 36.7 cm³/mol. The molecular formula is C6H11BO3. The third-order valence-corrected chi connectivity index (χ3v) is 2.05. The lowest BCUT2D eigenvalue weighted by atomic mass is 9.73. The highest BCUT2D eigenvalue weighted by molar-refractivity contribution is 6.14. The van der Waals surface area contributed by atoms with Gasteiger partial charge in [-0.05, 0) is 0 Å². The first-order chi connectivity index (χ1) is 4.58. The van der Waals surface area contributed by atoms with Crippen LogP contribution in [-0.2, 0) is 4.74 Å². The van der Waals surface area contributed by atoms with Gasteiger partial charge in [-0.15, -0.1) is 0 Å². The van der Waals surface area contributed by atoms with E-state index < -0.39 is 5.50 Å². The number of aliphatic hydroxyl groups excluding tert-OH is 1. The molecule has 2 N–H and O–H groups in total. The van der Waals surface area contributed by atoms with Crippen molar-refractivity contribution in [3.63, 3.8) is 0 Å². The van der Waals surface area contributed by atoms with E-state index in [2.05, 4.69) is 0 Å². The first-order valence-corrected chi connectivity index (χ1v) is 3.31. The van der Waals surface area contributed by atoms with E-state index in [0.717, 1.165) is 0 Å². The molecule has 1 rings (SSSR count). The molecule has 56 valence electrons. The Kier molecular flexibility index (Phi) is 2.03. The molecule has 1 saturated heterocycles. The summed E-state index contributed by atoms with van der Waals surface area (Å²) in [6, 6.07) is 0. The van der Waals surface area contributed by atoms with Crippen LogP contribution >= 0.6 is 0 Å². The topological polar surface area (TPSA) is 49.7 Å². The van der Waals surface area contributed by atoms with Crippen molar-refractivity contribution < 1.29 is 14.9 Å². The smallest absolute Gasteiger partial charge is 0.117 e. The van der Waals surface area contributed by atoms with Crippen LogP contribution in [0.3, 0.4) is 0 Å². The fourth-order valence-electron chi connectivity index (χ4n) is 1.05. The van der Waals surface area contributed by atoms with Crippen molar-refractivity contribution in [1.82, 2.24) is 0 Å². The molecule has 2 radical (unpaired) electrons. The zero-order chi connectivity index (χ0) is 7.78. The largest absolute Gasteiger partial charge is 0.397 e. The molecule has 3 unspecified atom stereocenters. The molecule has 0 aromatic heterocycles. The Hall–Kier alpha value is -0.0551. The van der Waals surface area contributed by atoms with Crippen LogP contribution in [0.2, 0.25) is 0 Å². The summed E-state index contributed by atoms with van der Waals surface area (Å²) in [7, 11) is 5.41. The minimum absolute atomic E-state index is 0.0827. The first kappa shape index (κ1) is 8.05. The number of aliphatic hydroxyl groups is 2. The van der Waals surface area contributed by atoms with Gasteiger partial charge < -0.3 is 14.9 Å².